The van der Waals surface area contributed by atoms with Gasteiger partial charge in [0.2, 0.25) is 0 Å². The first kappa shape index (κ1) is 15.8. The van der Waals surface area contributed by atoms with Gasteiger partial charge in [-0.3, -0.25) is 4.79 Å². The van der Waals surface area contributed by atoms with Gasteiger partial charge in [-0.1, -0.05) is 6.92 Å². The third kappa shape index (κ3) is 4.70. The summed E-state index contributed by atoms with van der Waals surface area (Å²) in [7, 11) is 0. The Balaban J connectivity index is 1.87. The fourth-order valence-corrected chi connectivity index (χ4v) is 2.51. The molecule has 1 unspecified atom stereocenters. The molecule has 5 heteroatoms. The number of nitrogens with zero attached hydrogens (tertiary/aromatic N) is 1. The minimum Gasteiger partial charge on any atom is -0.381 e. The van der Waals surface area contributed by atoms with Crippen molar-refractivity contribution >= 4 is 11.7 Å². The number of ether oxygens (including phenoxy) is 1. The molecule has 1 aliphatic rings. The Morgan fingerprint density at radius 1 is 1.43 bits per heavy atom. The van der Waals surface area contributed by atoms with Crippen LogP contribution in [-0.2, 0) is 4.74 Å². The van der Waals surface area contributed by atoms with E-state index in [4.69, 9.17) is 4.74 Å². The van der Waals surface area contributed by atoms with Crippen LogP contribution in [0.1, 0.15) is 43.5 Å². The molecule has 1 saturated heterocycles. The first-order valence-electron chi connectivity index (χ1n) is 7.79. The average Bonchev–Trinajstić information content (AvgIpc) is 2.54. The minimum absolute atomic E-state index is 0.0523. The predicted octanol–water partition coefficient (Wildman–Crippen LogP) is 2.45. The molecular weight excluding hydrogens is 266 g/mol. The quantitative estimate of drug-likeness (QED) is 0.845. The van der Waals surface area contributed by atoms with Crippen molar-refractivity contribution in [3.05, 3.63) is 23.9 Å². The van der Waals surface area contributed by atoms with Gasteiger partial charge in [-0.15, -0.1) is 0 Å². The second-order valence-electron chi connectivity index (χ2n) is 5.57. The van der Waals surface area contributed by atoms with Gasteiger partial charge in [-0.2, -0.15) is 0 Å². The standard InChI is InChI=1S/C16H25N3O2/c1-3-8-17-15-5-4-14(11-18-15)16(20)19-12(2)13-6-9-21-10-7-13/h4-5,11-13H,3,6-10H2,1-2H3,(H,17,18)(H,19,20). The molecule has 116 valence electrons. The molecule has 1 aliphatic heterocycles. The lowest BCUT2D eigenvalue weighted by molar-refractivity contribution is 0.0538. The van der Waals surface area contributed by atoms with E-state index >= 15 is 0 Å². The van der Waals surface area contributed by atoms with Crippen molar-refractivity contribution in [3.8, 4) is 0 Å². The Labute approximate surface area is 126 Å². The van der Waals surface area contributed by atoms with Crippen molar-refractivity contribution in [1.82, 2.24) is 10.3 Å². The summed E-state index contributed by atoms with van der Waals surface area (Å²) in [5, 5.41) is 6.27. The van der Waals surface area contributed by atoms with Crippen LogP contribution in [0.3, 0.4) is 0 Å². The van der Waals surface area contributed by atoms with Crippen LogP contribution < -0.4 is 10.6 Å². The molecule has 1 aromatic heterocycles. The van der Waals surface area contributed by atoms with Crippen LogP contribution in [0.15, 0.2) is 18.3 Å². The number of aromatic nitrogens is 1. The molecule has 0 spiro atoms. The molecule has 2 heterocycles. The Kier molecular flexibility index (Phi) is 5.99. The third-order valence-corrected chi connectivity index (χ3v) is 3.91. The zero-order valence-corrected chi connectivity index (χ0v) is 12.9. The molecule has 0 bridgehead atoms. The summed E-state index contributed by atoms with van der Waals surface area (Å²) >= 11 is 0. The SMILES string of the molecule is CCCNc1ccc(C(=O)NC(C)C2CCOCC2)cn1. The van der Waals surface area contributed by atoms with Crippen LogP contribution in [0, 0.1) is 5.92 Å². The van der Waals surface area contributed by atoms with Crippen LogP contribution in [0.25, 0.3) is 0 Å². The normalized spacial score (nSPS) is 17.2. The molecule has 1 amide bonds. The largest absolute Gasteiger partial charge is 0.381 e. The Morgan fingerprint density at radius 2 is 2.19 bits per heavy atom. The maximum absolute atomic E-state index is 12.2. The average molecular weight is 291 g/mol. The zero-order valence-electron chi connectivity index (χ0n) is 12.9. The van der Waals surface area contributed by atoms with E-state index in [1.807, 2.05) is 12.1 Å². The molecular formula is C16H25N3O2. The van der Waals surface area contributed by atoms with Crippen LogP contribution in [-0.4, -0.2) is 36.7 Å². The van der Waals surface area contributed by atoms with Gasteiger partial charge in [0, 0.05) is 32.0 Å². The molecule has 0 saturated carbocycles. The van der Waals surface area contributed by atoms with Crippen LogP contribution in [0.5, 0.6) is 0 Å². The van der Waals surface area contributed by atoms with E-state index in [9.17, 15) is 4.79 Å². The molecule has 1 atom stereocenters. The van der Waals surface area contributed by atoms with Crippen molar-refractivity contribution < 1.29 is 9.53 Å². The van der Waals surface area contributed by atoms with E-state index in [1.54, 1.807) is 6.20 Å². The van der Waals surface area contributed by atoms with Gasteiger partial charge in [0.15, 0.2) is 0 Å². The molecule has 0 aliphatic carbocycles. The van der Waals surface area contributed by atoms with Gasteiger partial charge in [-0.05, 0) is 44.2 Å². The number of carbonyl (C=O) groups excluding carboxylic acids is 1. The third-order valence-electron chi connectivity index (χ3n) is 3.91. The monoisotopic (exact) mass is 291 g/mol. The van der Waals surface area contributed by atoms with E-state index < -0.39 is 0 Å². The molecule has 2 rings (SSSR count). The molecule has 0 aromatic carbocycles. The highest BCUT2D eigenvalue weighted by atomic mass is 16.5. The first-order valence-corrected chi connectivity index (χ1v) is 7.79. The minimum atomic E-state index is -0.0523. The summed E-state index contributed by atoms with van der Waals surface area (Å²) in [6.45, 7) is 6.65. The lowest BCUT2D eigenvalue weighted by Gasteiger charge is -2.28. The summed E-state index contributed by atoms with van der Waals surface area (Å²) < 4.78 is 5.36. The molecule has 21 heavy (non-hydrogen) atoms. The molecule has 0 radical (unpaired) electrons. The van der Waals surface area contributed by atoms with Crippen molar-refractivity contribution in [1.29, 1.82) is 0 Å². The Morgan fingerprint density at radius 3 is 2.81 bits per heavy atom. The summed E-state index contributed by atoms with van der Waals surface area (Å²) in [5.74, 6) is 1.26. The number of hydrogen-bond acceptors (Lipinski definition) is 4. The van der Waals surface area contributed by atoms with E-state index in [1.165, 1.54) is 0 Å². The lowest BCUT2D eigenvalue weighted by atomic mass is 9.93. The highest BCUT2D eigenvalue weighted by Gasteiger charge is 2.22. The summed E-state index contributed by atoms with van der Waals surface area (Å²) in [6, 6.07) is 3.83. The first-order chi connectivity index (χ1) is 10.2. The van der Waals surface area contributed by atoms with Crippen LogP contribution >= 0.6 is 0 Å². The summed E-state index contributed by atoms with van der Waals surface area (Å²) in [4.78, 5) is 16.5. The Hall–Kier alpha value is -1.62. The molecule has 1 aromatic rings. The van der Waals surface area contributed by atoms with E-state index in [-0.39, 0.29) is 11.9 Å². The summed E-state index contributed by atoms with van der Waals surface area (Å²) in [5.41, 5.74) is 0.607. The predicted molar refractivity (Wildman–Crippen MR) is 83.5 cm³/mol. The van der Waals surface area contributed by atoms with Gasteiger partial charge in [0.25, 0.3) is 5.91 Å². The zero-order chi connectivity index (χ0) is 15.1. The number of anilines is 1. The number of pyridine rings is 1. The molecule has 2 N–H and O–H groups in total. The van der Waals surface area contributed by atoms with E-state index in [0.29, 0.717) is 11.5 Å². The smallest absolute Gasteiger partial charge is 0.253 e. The number of carbonyl (C=O) groups is 1. The topological polar surface area (TPSA) is 63.2 Å². The number of hydrogen-bond donors (Lipinski definition) is 2. The summed E-state index contributed by atoms with van der Waals surface area (Å²) in [6.07, 6.45) is 4.70. The number of rotatable bonds is 6. The molecule has 5 nitrogen and oxygen atoms in total. The second kappa shape index (κ2) is 7.98. The van der Waals surface area contributed by atoms with Gasteiger partial charge < -0.3 is 15.4 Å². The van der Waals surface area contributed by atoms with Gasteiger partial charge in [-0.25, -0.2) is 4.98 Å². The van der Waals surface area contributed by atoms with Gasteiger partial charge >= 0.3 is 0 Å². The maximum atomic E-state index is 12.2. The number of amides is 1. The van der Waals surface area contributed by atoms with Crippen molar-refractivity contribution in [2.45, 2.75) is 39.2 Å². The van der Waals surface area contributed by atoms with E-state index in [2.05, 4.69) is 29.5 Å². The lowest BCUT2D eigenvalue weighted by Crippen LogP contribution is -2.40. The van der Waals surface area contributed by atoms with Crippen molar-refractivity contribution in [2.75, 3.05) is 25.1 Å². The second-order valence-corrected chi connectivity index (χ2v) is 5.57. The van der Waals surface area contributed by atoms with Crippen LogP contribution in [0.4, 0.5) is 5.82 Å². The number of nitrogens with one attached hydrogen (secondary N) is 2. The van der Waals surface area contributed by atoms with E-state index in [0.717, 1.165) is 44.8 Å². The highest BCUT2D eigenvalue weighted by molar-refractivity contribution is 5.94. The Bertz CT molecular complexity index is 441. The van der Waals surface area contributed by atoms with Crippen molar-refractivity contribution in [2.24, 2.45) is 5.92 Å². The van der Waals surface area contributed by atoms with Gasteiger partial charge in [0.1, 0.15) is 5.82 Å². The fraction of sp³-hybridized carbons (Fsp3) is 0.625. The molecule has 1 fully saturated rings. The van der Waals surface area contributed by atoms with Crippen molar-refractivity contribution in [3.63, 3.8) is 0 Å². The maximum Gasteiger partial charge on any atom is 0.253 e. The fourth-order valence-electron chi connectivity index (χ4n) is 2.51. The van der Waals surface area contributed by atoms with Crippen LogP contribution in [0.2, 0.25) is 0 Å². The van der Waals surface area contributed by atoms with Gasteiger partial charge in [0.05, 0.1) is 5.56 Å². The highest BCUT2D eigenvalue weighted by Crippen LogP contribution is 2.18.